The third kappa shape index (κ3) is 811. The van der Waals surface area contributed by atoms with Crippen molar-refractivity contribution in [2.24, 2.45) is 0 Å². The van der Waals surface area contributed by atoms with Crippen LogP contribution in [0, 0.1) is 0 Å². The predicted molar refractivity (Wildman–Crippen MR) is 86.6 cm³/mol. The van der Waals surface area contributed by atoms with E-state index in [9.17, 15) is 0 Å². The molecule has 0 fully saturated rings. The first-order chi connectivity index (χ1) is 8.22. The molecule has 0 unspecified atom stereocenters. The molecule has 0 aromatic rings. The van der Waals surface area contributed by atoms with Crippen LogP contribution in [0.5, 0.6) is 0 Å². The summed E-state index contributed by atoms with van der Waals surface area (Å²) in [4.78, 5) is 0. The highest BCUT2D eigenvalue weighted by molar-refractivity contribution is 4.52. The lowest BCUT2D eigenvalue weighted by Gasteiger charge is -2.10. The van der Waals surface area contributed by atoms with E-state index in [0.717, 1.165) is 0 Å². The average Bonchev–Trinajstić information content (AvgIpc) is 2.21. The summed E-state index contributed by atoms with van der Waals surface area (Å²) in [7, 11) is 0. The molecular formula is C16H34O2. The van der Waals surface area contributed by atoms with Crippen LogP contribution in [0.15, 0.2) is 50.6 Å². The summed E-state index contributed by atoms with van der Waals surface area (Å²) < 4.78 is 0. The van der Waals surface area contributed by atoms with E-state index in [2.05, 4.69) is 26.3 Å². The molecule has 0 aliphatic heterocycles. The third-order valence-electron chi connectivity index (χ3n) is 0.670. The maximum absolute atomic E-state index is 8.38. The zero-order valence-electron chi connectivity index (χ0n) is 13.2. The van der Waals surface area contributed by atoms with Crippen LogP contribution < -0.4 is 0 Å². The van der Waals surface area contributed by atoms with E-state index in [0.29, 0.717) is 6.42 Å². The van der Waals surface area contributed by atoms with E-state index in [1.807, 2.05) is 27.7 Å². The lowest BCUT2D eigenvalue weighted by Crippen LogP contribution is -2.20. The van der Waals surface area contributed by atoms with Gasteiger partial charge in [-0.15, -0.1) is 26.3 Å². The molecule has 0 aromatic heterocycles. The van der Waals surface area contributed by atoms with Crippen molar-refractivity contribution in [3.8, 4) is 0 Å². The first-order valence-electron chi connectivity index (χ1n) is 5.95. The molecule has 0 rings (SSSR count). The molecule has 0 spiro atoms. The average molecular weight is 258 g/mol. The number of rotatable bonds is 1. The van der Waals surface area contributed by atoms with Gasteiger partial charge in [-0.3, -0.25) is 0 Å². The molecule has 0 aliphatic rings. The number of hydrogen-bond donors (Lipinski definition) is 2. The van der Waals surface area contributed by atoms with Crippen LogP contribution in [0.1, 0.15) is 48.0 Å². The van der Waals surface area contributed by atoms with E-state index in [-0.39, 0.29) is 0 Å². The topological polar surface area (TPSA) is 40.5 Å². The number of allylic oxidation sites excluding steroid dienone is 4. The molecule has 0 amide bonds. The van der Waals surface area contributed by atoms with Crippen LogP contribution in [-0.2, 0) is 0 Å². The summed E-state index contributed by atoms with van der Waals surface area (Å²) in [5.41, 5.74) is 0. The zero-order chi connectivity index (χ0) is 16.0. The first kappa shape index (κ1) is 30.2. The Hall–Kier alpha value is -1.12. The van der Waals surface area contributed by atoms with Gasteiger partial charge in [0.25, 0.3) is 0 Å². The second-order valence-corrected chi connectivity index (χ2v) is 3.20. The van der Waals surface area contributed by atoms with Gasteiger partial charge in [0, 0.05) is 0 Å². The fourth-order valence-corrected chi connectivity index (χ4v) is 0. The lowest BCUT2D eigenvalue weighted by molar-refractivity contribution is -0.145. The number of aliphatic hydroxyl groups is 2. The van der Waals surface area contributed by atoms with Crippen LogP contribution in [0.2, 0.25) is 0 Å². The molecule has 2 N–H and O–H groups in total. The van der Waals surface area contributed by atoms with Gasteiger partial charge in [0.1, 0.15) is 0 Å². The molecule has 2 nitrogen and oxygen atoms in total. The lowest BCUT2D eigenvalue weighted by atomic mass is 10.3. The molecule has 0 aromatic carbocycles. The molecule has 0 saturated carbocycles. The Bertz CT molecular complexity index is 129. The van der Waals surface area contributed by atoms with Crippen LogP contribution in [0.3, 0.4) is 0 Å². The molecule has 110 valence electrons. The van der Waals surface area contributed by atoms with Crippen molar-refractivity contribution < 1.29 is 10.2 Å². The molecule has 0 aliphatic carbocycles. The summed E-state index contributed by atoms with van der Waals surface area (Å²) >= 11 is 0. The predicted octanol–water partition coefficient (Wildman–Crippen LogP) is 4.87. The molecule has 0 saturated heterocycles. The summed E-state index contributed by atoms with van der Waals surface area (Å²) in [6.45, 7) is 24.1. The van der Waals surface area contributed by atoms with E-state index in [4.69, 9.17) is 10.2 Å². The van der Waals surface area contributed by atoms with E-state index < -0.39 is 5.79 Å². The molecule has 0 atom stereocenters. The second-order valence-electron chi connectivity index (χ2n) is 3.20. The fourth-order valence-electron chi connectivity index (χ4n) is 0. The summed E-state index contributed by atoms with van der Waals surface area (Å²) in [5.74, 6) is -1.46. The minimum Gasteiger partial charge on any atom is -0.366 e. The molecular weight excluding hydrogens is 224 g/mol. The van der Waals surface area contributed by atoms with Gasteiger partial charge in [-0.1, -0.05) is 31.2 Å². The van der Waals surface area contributed by atoms with Crippen molar-refractivity contribution in [1.29, 1.82) is 0 Å². The smallest absolute Gasteiger partial charge is 0.159 e. The summed E-state index contributed by atoms with van der Waals surface area (Å²) in [6, 6.07) is 0. The maximum Gasteiger partial charge on any atom is 0.159 e. The van der Waals surface area contributed by atoms with Crippen molar-refractivity contribution in [2.75, 3.05) is 0 Å². The maximum atomic E-state index is 8.38. The van der Waals surface area contributed by atoms with E-state index in [1.54, 1.807) is 31.2 Å². The Morgan fingerprint density at radius 3 is 0.833 bits per heavy atom. The van der Waals surface area contributed by atoms with Gasteiger partial charge in [0.15, 0.2) is 5.79 Å². The highest BCUT2D eigenvalue weighted by Gasteiger charge is 2.08. The van der Waals surface area contributed by atoms with E-state index >= 15 is 0 Å². The van der Waals surface area contributed by atoms with Crippen molar-refractivity contribution in [1.82, 2.24) is 0 Å². The molecule has 0 bridgehead atoms. The van der Waals surface area contributed by atoms with Crippen LogP contribution in [0.4, 0.5) is 0 Å². The summed E-state index contributed by atoms with van der Waals surface area (Å²) in [5, 5.41) is 16.8. The molecule has 18 heavy (non-hydrogen) atoms. The number of hydrogen-bond acceptors (Lipinski definition) is 2. The largest absolute Gasteiger partial charge is 0.366 e. The van der Waals surface area contributed by atoms with Crippen molar-refractivity contribution >= 4 is 0 Å². The van der Waals surface area contributed by atoms with Crippen molar-refractivity contribution in [3.05, 3.63) is 50.6 Å². The van der Waals surface area contributed by atoms with Gasteiger partial charge in [0.2, 0.25) is 0 Å². The van der Waals surface area contributed by atoms with Gasteiger partial charge >= 0.3 is 0 Å². The highest BCUT2D eigenvalue weighted by Crippen LogP contribution is 1.99. The van der Waals surface area contributed by atoms with E-state index in [1.165, 1.54) is 6.92 Å². The SMILES string of the molecule is C=CC.C=CC.C=CC.C=CC.CCC(C)(O)O. The van der Waals surface area contributed by atoms with Crippen LogP contribution >= 0.6 is 0 Å². The monoisotopic (exact) mass is 258 g/mol. The Morgan fingerprint density at radius 1 is 0.778 bits per heavy atom. The fraction of sp³-hybridized carbons (Fsp3) is 0.500. The van der Waals surface area contributed by atoms with Gasteiger partial charge in [-0.25, -0.2) is 0 Å². The van der Waals surface area contributed by atoms with Crippen molar-refractivity contribution in [2.45, 2.75) is 53.8 Å². The Balaban J connectivity index is -0.0000000412. The minimum absolute atomic E-state index is 0.382. The Kier molecular flexibility index (Phi) is 60.4. The molecule has 0 radical (unpaired) electrons. The van der Waals surface area contributed by atoms with Crippen LogP contribution in [-0.4, -0.2) is 16.0 Å². The Morgan fingerprint density at radius 2 is 0.833 bits per heavy atom. The zero-order valence-corrected chi connectivity index (χ0v) is 13.2. The van der Waals surface area contributed by atoms with Gasteiger partial charge in [0.05, 0.1) is 0 Å². The minimum atomic E-state index is -1.46. The molecule has 0 heterocycles. The standard InChI is InChI=1S/C4H10O2.4C3H6/c1-3-4(2,5)6;4*1-3-2/h5-6H,3H2,1-2H3;4*3H,1H2,2H3. The van der Waals surface area contributed by atoms with Gasteiger partial charge in [-0.2, -0.15) is 0 Å². The van der Waals surface area contributed by atoms with Gasteiger partial charge < -0.3 is 10.2 Å². The van der Waals surface area contributed by atoms with Crippen molar-refractivity contribution in [3.63, 3.8) is 0 Å². The highest BCUT2D eigenvalue weighted by atomic mass is 16.5. The summed E-state index contributed by atoms with van der Waals surface area (Å²) in [6.07, 6.45) is 7.38. The quantitative estimate of drug-likeness (QED) is 0.520. The van der Waals surface area contributed by atoms with Crippen LogP contribution in [0.25, 0.3) is 0 Å². The second kappa shape index (κ2) is 36.0. The molecule has 2 heteroatoms. The first-order valence-corrected chi connectivity index (χ1v) is 5.95. The normalized spacial score (nSPS) is 6.89. The van der Waals surface area contributed by atoms with Gasteiger partial charge in [-0.05, 0) is 41.0 Å². The third-order valence-corrected chi connectivity index (χ3v) is 0.670. The Labute approximate surface area is 115 Å².